The number of hydrogen-bond donors (Lipinski definition) is 0. The van der Waals surface area contributed by atoms with Crippen molar-refractivity contribution >= 4 is 11.4 Å². The number of rotatable bonds is 3. The molecule has 0 bridgehead atoms. The quantitative estimate of drug-likeness (QED) is 0.580. The number of aromatic nitrogens is 1. The molecular formula is C11H15N3O2. The third-order valence-electron chi connectivity index (χ3n) is 3.23. The molecule has 1 aromatic rings. The number of anilines is 1. The highest BCUT2D eigenvalue weighted by molar-refractivity contribution is 5.61. The predicted molar refractivity (Wildman–Crippen MR) is 61.6 cm³/mol. The van der Waals surface area contributed by atoms with Crippen LogP contribution in [0.1, 0.15) is 25.7 Å². The lowest BCUT2D eigenvalue weighted by atomic mass is 10.2. The first-order valence-electron chi connectivity index (χ1n) is 5.51. The molecule has 1 fully saturated rings. The minimum absolute atomic E-state index is 0.0944. The van der Waals surface area contributed by atoms with Crippen LogP contribution in [0.5, 0.6) is 0 Å². The fraction of sp³-hybridized carbons (Fsp3) is 0.545. The standard InChI is InChI=1S/C11H15N3O2/c1-13(9-4-2-3-5-9)10-6-7-12-8-11(10)14(15)16/h6-9H,2-5H2,1H3. The maximum absolute atomic E-state index is 10.9. The molecule has 1 saturated carbocycles. The fourth-order valence-corrected chi connectivity index (χ4v) is 2.31. The zero-order valence-electron chi connectivity index (χ0n) is 9.30. The zero-order chi connectivity index (χ0) is 11.5. The van der Waals surface area contributed by atoms with Crippen molar-refractivity contribution in [2.45, 2.75) is 31.7 Å². The maximum Gasteiger partial charge on any atom is 0.310 e. The van der Waals surface area contributed by atoms with E-state index in [1.807, 2.05) is 11.9 Å². The average Bonchev–Trinajstić information content (AvgIpc) is 2.81. The summed E-state index contributed by atoms with van der Waals surface area (Å²) in [5.41, 5.74) is 0.767. The molecule has 86 valence electrons. The molecule has 0 N–H and O–H groups in total. The van der Waals surface area contributed by atoms with Crippen molar-refractivity contribution in [2.24, 2.45) is 0 Å². The zero-order valence-corrected chi connectivity index (χ0v) is 9.30. The van der Waals surface area contributed by atoms with Gasteiger partial charge >= 0.3 is 5.69 Å². The Balaban J connectivity index is 2.27. The number of hydrogen-bond acceptors (Lipinski definition) is 4. The Hall–Kier alpha value is -1.65. The molecule has 0 atom stereocenters. The molecule has 0 aromatic carbocycles. The van der Waals surface area contributed by atoms with Crippen LogP contribution in [-0.2, 0) is 0 Å². The molecule has 0 radical (unpaired) electrons. The summed E-state index contributed by atoms with van der Waals surface area (Å²) in [6.45, 7) is 0. The van der Waals surface area contributed by atoms with E-state index in [9.17, 15) is 10.1 Å². The van der Waals surface area contributed by atoms with Crippen LogP contribution in [0, 0.1) is 10.1 Å². The van der Waals surface area contributed by atoms with E-state index in [4.69, 9.17) is 0 Å². The van der Waals surface area contributed by atoms with Gasteiger partial charge in [-0.25, -0.2) is 0 Å². The molecule has 1 heterocycles. The summed E-state index contributed by atoms with van der Waals surface area (Å²) in [7, 11) is 1.93. The van der Waals surface area contributed by atoms with E-state index >= 15 is 0 Å². The van der Waals surface area contributed by atoms with Crippen molar-refractivity contribution in [2.75, 3.05) is 11.9 Å². The van der Waals surface area contributed by atoms with Crippen LogP contribution < -0.4 is 4.90 Å². The smallest absolute Gasteiger partial charge is 0.310 e. The maximum atomic E-state index is 10.9. The van der Waals surface area contributed by atoms with E-state index in [-0.39, 0.29) is 10.6 Å². The van der Waals surface area contributed by atoms with Gasteiger partial charge in [0, 0.05) is 19.3 Å². The lowest BCUT2D eigenvalue weighted by Crippen LogP contribution is -2.29. The first kappa shape index (κ1) is 10.9. The Morgan fingerprint density at radius 1 is 1.50 bits per heavy atom. The summed E-state index contributed by atoms with van der Waals surface area (Å²) in [6.07, 6.45) is 7.60. The van der Waals surface area contributed by atoms with Gasteiger partial charge in [-0.15, -0.1) is 0 Å². The van der Waals surface area contributed by atoms with Crippen molar-refractivity contribution in [1.29, 1.82) is 0 Å². The normalized spacial score (nSPS) is 16.3. The summed E-state index contributed by atoms with van der Waals surface area (Å²) >= 11 is 0. The number of nitrogens with zero attached hydrogens (tertiary/aromatic N) is 3. The van der Waals surface area contributed by atoms with Gasteiger partial charge in [0.1, 0.15) is 11.9 Å². The lowest BCUT2D eigenvalue weighted by molar-refractivity contribution is -0.384. The first-order valence-corrected chi connectivity index (χ1v) is 5.51. The molecule has 5 nitrogen and oxygen atoms in total. The molecule has 0 saturated heterocycles. The van der Waals surface area contributed by atoms with Gasteiger partial charge in [0.15, 0.2) is 0 Å². The van der Waals surface area contributed by atoms with Gasteiger partial charge in [-0.1, -0.05) is 12.8 Å². The molecule has 0 unspecified atom stereocenters. The molecule has 2 rings (SSSR count). The van der Waals surface area contributed by atoms with Crippen LogP contribution in [0.15, 0.2) is 18.5 Å². The highest BCUT2D eigenvalue weighted by Crippen LogP contribution is 2.32. The van der Waals surface area contributed by atoms with Crippen molar-refractivity contribution in [3.63, 3.8) is 0 Å². The Morgan fingerprint density at radius 2 is 2.19 bits per heavy atom. The summed E-state index contributed by atoms with van der Waals surface area (Å²) in [5.74, 6) is 0. The third-order valence-corrected chi connectivity index (χ3v) is 3.23. The topological polar surface area (TPSA) is 59.3 Å². The lowest BCUT2D eigenvalue weighted by Gasteiger charge is -2.25. The van der Waals surface area contributed by atoms with Gasteiger partial charge in [-0.2, -0.15) is 0 Å². The summed E-state index contributed by atoms with van der Waals surface area (Å²) < 4.78 is 0. The summed E-state index contributed by atoms with van der Waals surface area (Å²) in [5, 5.41) is 10.9. The van der Waals surface area contributed by atoms with Crippen LogP contribution in [-0.4, -0.2) is 23.0 Å². The number of nitro groups is 1. The molecule has 0 amide bonds. The largest absolute Gasteiger partial charge is 0.366 e. The Bertz CT molecular complexity index is 389. The highest BCUT2D eigenvalue weighted by Gasteiger charge is 2.25. The van der Waals surface area contributed by atoms with E-state index in [2.05, 4.69) is 4.98 Å². The van der Waals surface area contributed by atoms with Gasteiger partial charge in [0.25, 0.3) is 0 Å². The number of pyridine rings is 1. The SMILES string of the molecule is CN(c1ccncc1[N+](=O)[O-])C1CCCC1. The summed E-state index contributed by atoms with van der Waals surface area (Å²) in [6, 6.07) is 2.15. The van der Waals surface area contributed by atoms with Crippen molar-refractivity contribution < 1.29 is 4.92 Å². The van der Waals surface area contributed by atoms with Crippen molar-refractivity contribution in [3.8, 4) is 0 Å². The molecule has 5 heteroatoms. The van der Waals surface area contributed by atoms with E-state index in [0.717, 1.165) is 12.8 Å². The minimum Gasteiger partial charge on any atom is -0.366 e. The highest BCUT2D eigenvalue weighted by atomic mass is 16.6. The Kier molecular flexibility index (Phi) is 3.03. The monoisotopic (exact) mass is 221 g/mol. The van der Waals surface area contributed by atoms with Gasteiger partial charge in [0.2, 0.25) is 0 Å². The van der Waals surface area contributed by atoms with Gasteiger partial charge < -0.3 is 4.90 Å². The summed E-state index contributed by atoms with van der Waals surface area (Å²) in [4.78, 5) is 16.3. The second-order valence-corrected chi connectivity index (χ2v) is 4.17. The molecule has 1 aromatic heterocycles. The average molecular weight is 221 g/mol. The van der Waals surface area contributed by atoms with Crippen LogP contribution in [0.2, 0.25) is 0 Å². The molecule has 1 aliphatic carbocycles. The first-order chi connectivity index (χ1) is 7.70. The van der Waals surface area contributed by atoms with Crippen LogP contribution >= 0.6 is 0 Å². The van der Waals surface area contributed by atoms with E-state index in [1.54, 1.807) is 12.3 Å². The van der Waals surface area contributed by atoms with Gasteiger partial charge in [0.05, 0.1) is 4.92 Å². The predicted octanol–water partition coefficient (Wildman–Crippen LogP) is 2.37. The fourth-order valence-electron chi connectivity index (χ4n) is 2.31. The van der Waals surface area contributed by atoms with Crippen molar-refractivity contribution in [1.82, 2.24) is 4.98 Å². The molecule has 1 aliphatic rings. The molecule has 0 aliphatic heterocycles. The van der Waals surface area contributed by atoms with Crippen LogP contribution in [0.3, 0.4) is 0 Å². The van der Waals surface area contributed by atoms with E-state index in [0.29, 0.717) is 11.7 Å². The molecule has 0 spiro atoms. The Morgan fingerprint density at radius 3 is 2.81 bits per heavy atom. The molecular weight excluding hydrogens is 206 g/mol. The van der Waals surface area contributed by atoms with Crippen LogP contribution in [0.4, 0.5) is 11.4 Å². The van der Waals surface area contributed by atoms with Gasteiger partial charge in [-0.05, 0) is 18.9 Å². The van der Waals surface area contributed by atoms with E-state index in [1.165, 1.54) is 19.0 Å². The van der Waals surface area contributed by atoms with Crippen molar-refractivity contribution in [3.05, 3.63) is 28.6 Å². The Labute approximate surface area is 94.2 Å². The van der Waals surface area contributed by atoms with E-state index < -0.39 is 0 Å². The molecule has 16 heavy (non-hydrogen) atoms. The second kappa shape index (κ2) is 4.47. The third kappa shape index (κ3) is 1.98. The second-order valence-electron chi connectivity index (χ2n) is 4.17. The van der Waals surface area contributed by atoms with Crippen LogP contribution in [0.25, 0.3) is 0 Å². The minimum atomic E-state index is -0.367. The van der Waals surface area contributed by atoms with Gasteiger partial charge in [-0.3, -0.25) is 15.1 Å².